The second-order valence-corrected chi connectivity index (χ2v) is 9.07. The number of fused-ring (bicyclic) bond motifs is 1. The van der Waals surface area contributed by atoms with E-state index in [1.807, 2.05) is 0 Å². The third-order valence-electron chi connectivity index (χ3n) is 6.58. The molecule has 1 amide bonds. The lowest BCUT2D eigenvalue weighted by Gasteiger charge is -2.34. The zero-order valence-corrected chi connectivity index (χ0v) is 17.7. The Morgan fingerprint density at radius 2 is 2.04 bits per heavy atom. The van der Waals surface area contributed by atoms with Gasteiger partial charge in [0.1, 0.15) is 0 Å². The van der Waals surface area contributed by atoms with Crippen molar-refractivity contribution >= 4 is 5.91 Å². The lowest BCUT2D eigenvalue weighted by atomic mass is 9.97. The van der Waals surface area contributed by atoms with E-state index in [1.165, 1.54) is 50.2 Å². The Kier molecular flexibility index (Phi) is 6.36. The average molecular weight is 389 g/mol. The van der Waals surface area contributed by atoms with Gasteiger partial charge in [-0.15, -0.1) is 0 Å². The minimum atomic E-state index is 0.302. The van der Waals surface area contributed by atoms with Crippen LogP contribution in [0.3, 0.4) is 0 Å². The molecule has 0 aromatic carbocycles. The molecule has 0 aliphatic carbocycles. The van der Waals surface area contributed by atoms with Gasteiger partial charge in [-0.3, -0.25) is 9.48 Å². The Hall–Kier alpha value is -1.40. The Bertz CT molecular complexity index is 678. The van der Waals surface area contributed by atoms with Crippen LogP contribution in [-0.4, -0.2) is 64.8 Å². The minimum absolute atomic E-state index is 0.302. The van der Waals surface area contributed by atoms with Crippen LogP contribution in [0.5, 0.6) is 0 Å². The number of nitrogens with zero attached hydrogens (tertiary/aromatic N) is 4. The van der Waals surface area contributed by atoms with Crippen LogP contribution in [-0.2, 0) is 29.0 Å². The lowest BCUT2D eigenvalue weighted by molar-refractivity contribution is -0.133. The SMILES string of the molecule is CC(C)n1nc(CCC(=O)N2CCCC(CN3CCCC3)C2)c2c1CCOC2. The lowest BCUT2D eigenvalue weighted by Crippen LogP contribution is -2.43. The summed E-state index contributed by atoms with van der Waals surface area (Å²) in [5.74, 6) is 0.952. The fourth-order valence-corrected chi connectivity index (χ4v) is 5.11. The molecule has 28 heavy (non-hydrogen) atoms. The summed E-state index contributed by atoms with van der Waals surface area (Å²) >= 11 is 0. The molecule has 1 atom stereocenters. The van der Waals surface area contributed by atoms with Crippen LogP contribution in [0, 0.1) is 5.92 Å². The van der Waals surface area contributed by atoms with Gasteiger partial charge >= 0.3 is 0 Å². The van der Waals surface area contributed by atoms with E-state index >= 15 is 0 Å². The first-order valence-electron chi connectivity index (χ1n) is 11.3. The van der Waals surface area contributed by atoms with Gasteiger partial charge < -0.3 is 14.5 Å². The number of carbonyl (C=O) groups is 1. The maximum atomic E-state index is 12.9. The molecule has 4 heterocycles. The number of aromatic nitrogens is 2. The summed E-state index contributed by atoms with van der Waals surface area (Å²) in [6.07, 6.45) is 7.33. The highest BCUT2D eigenvalue weighted by atomic mass is 16.5. The number of amides is 1. The highest BCUT2D eigenvalue weighted by Gasteiger charge is 2.27. The molecule has 0 N–H and O–H groups in total. The monoisotopic (exact) mass is 388 g/mol. The molecule has 0 spiro atoms. The van der Waals surface area contributed by atoms with Crippen LogP contribution >= 0.6 is 0 Å². The molecule has 1 aromatic heterocycles. The summed E-state index contributed by atoms with van der Waals surface area (Å²) < 4.78 is 7.82. The van der Waals surface area contributed by atoms with E-state index in [1.54, 1.807) is 0 Å². The molecule has 0 radical (unpaired) electrons. The van der Waals surface area contributed by atoms with Gasteiger partial charge in [0.25, 0.3) is 0 Å². The van der Waals surface area contributed by atoms with Crippen molar-refractivity contribution in [3.8, 4) is 0 Å². The Morgan fingerprint density at radius 1 is 1.21 bits per heavy atom. The van der Waals surface area contributed by atoms with Gasteiger partial charge in [-0.05, 0) is 58.5 Å². The highest BCUT2D eigenvalue weighted by molar-refractivity contribution is 5.76. The van der Waals surface area contributed by atoms with Gasteiger partial charge in [0, 0.05) is 56.2 Å². The zero-order valence-electron chi connectivity index (χ0n) is 17.7. The van der Waals surface area contributed by atoms with Crippen LogP contribution in [0.25, 0.3) is 0 Å². The fourth-order valence-electron chi connectivity index (χ4n) is 5.11. The van der Waals surface area contributed by atoms with Gasteiger partial charge in [-0.25, -0.2) is 0 Å². The Balaban J connectivity index is 1.34. The number of carbonyl (C=O) groups excluding carboxylic acids is 1. The maximum absolute atomic E-state index is 12.9. The van der Waals surface area contributed by atoms with E-state index < -0.39 is 0 Å². The van der Waals surface area contributed by atoms with Crippen molar-refractivity contribution in [3.05, 3.63) is 17.0 Å². The maximum Gasteiger partial charge on any atom is 0.222 e. The largest absolute Gasteiger partial charge is 0.376 e. The molecule has 1 aromatic rings. The fraction of sp³-hybridized carbons (Fsp3) is 0.818. The number of rotatable bonds is 6. The van der Waals surface area contributed by atoms with E-state index in [9.17, 15) is 4.79 Å². The van der Waals surface area contributed by atoms with Gasteiger partial charge in [0.2, 0.25) is 5.91 Å². The van der Waals surface area contributed by atoms with Crippen molar-refractivity contribution in [2.24, 2.45) is 5.92 Å². The highest BCUT2D eigenvalue weighted by Crippen LogP contribution is 2.25. The van der Waals surface area contributed by atoms with Gasteiger partial charge in [-0.1, -0.05) is 0 Å². The molecule has 156 valence electrons. The van der Waals surface area contributed by atoms with Crippen molar-refractivity contribution in [2.45, 2.75) is 71.4 Å². The molecule has 3 aliphatic heterocycles. The molecular weight excluding hydrogens is 352 g/mol. The van der Waals surface area contributed by atoms with E-state index in [2.05, 4.69) is 28.3 Å². The second-order valence-electron chi connectivity index (χ2n) is 9.07. The van der Waals surface area contributed by atoms with Crippen LogP contribution in [0.2, 0.25) is 0 Å². The predicted octanol–water partition coefficient (Wildman–Crippen LogP) is 2.80. The first-order chi connectivity index (χ1) is 13.6. The Labute approximate surface area is 169 Å². The molecule has 4 rings (SSSR count). The topological polar surface area (TPSA) is 50.6 Å². The number of hydrogen-bond acceptors (Lipinski definition) is 4. The second kappa shape index (κ2) is 8.95. The summed E-state index contributed by atoms with van der Waals surface area (Å²) in [6.45, 7) is 11.3. The zero-order chi connectivity index (χ0) is 19.5. The van der Waals surface area contributed by atoms with E-state index in [0.717, 1.165) is 44.7 Å². The number of piperidine rings is 1. The van der Waals surface area contributed by atoms with E-state index in [4.69, 9.17) is 9.84 Å². The molecule has 3 aliphatic rings. The molecule has 6 heteroatoms. The molecule has 0 saturated carbocycles. The first kappa shape index (κ1) is 19.9. The summed E-state index contributed by atoms with van der Waals surface area (Å²) in [7, 11) is 0. The number of hydrogen-bond donors (Lipinski definition) is 0. The minimum Gasteiger partial charge on any atom is -0.376 e. The van der Waals surface area contributed by atoms with Crippen LogP contribution in [0.1, 0.15) is 68.9 Å². The standard InChI is InChI=1S/C22H36N4O2/c1-17(2)26-21-9-13-28-16-19(21)20(23-26)7-8-22(27)25-12-5-6-18(15-25)14-24-10-3-4-11-24/h17-18H,3-16H2,1-2H3. The summed E-state index contributed by atoms with van der Waals surface area (Å²) in [5, 5.41) is 4.85. The molecule has 0 bridgehead atoms. The van der Waals surface area contributed by atoms with Gasteiger partial charge in [0.15, 0.2) is 0 Å². The molecule has 2 fully saturated rings. The van der Waals surface area contributed by atoms with Crippen molar-refractivity contribution in [3.63, 3.8) is 0 Å². The van der Waals surface area contributed by atoms with Crippen molar-refractivity contribution in [1.82, 2.24) is 19.6 Å². The summed E-state index contributed by atoms with van der Waals surface area (Å²) in [5.41, 5.74) is 3.62. The Morgan fingerprint density at radius 3 is 2.82 bits per heavy atom. The van der Waals surface area contributed by atoms with Crippen LogP contribution in [0.15, 0.2) is 0 Å². The quantitative estimate of drug-likeness (QED) is 0.752. The molecule has 2 saturated heterocycles. The van der Waals surface area contributed by atoms with Crippen molar-refractivity contribution in [2.75, 3.05) is 39.3 Å². The average Bonchev–Trinajstić information content (AvgIpc) is 3.34. The van der Waals surface area contributed by atoms with Crippen LogP contribution in [0.4, 0.5) is 0 Å². The van der Waals surface area contributed by atoms with E-state index in [-0.39, 0.29) is 0 Å². The summed E-state index contributed by atoms with van der Waals surface area (Å²) in [6, 6.07) is 0.352. The number of aryl methyl sites for hydroxylation is 1. The normalized spacial score (nSPS) is 23.4. The van der Waals surface area contributed by atoms with Gasteiger partial charge in [-0.2, -0.15) is 5.10 Å². The molecule has 1 unspecified atom stereocenters. The third-order valence-corrected chi connectivity index (χ3v) is 6.58. The van der Waals surface area contributed by atoms with Crippen LogP contribution < -0.4 is 0 Å². The smallest absolute Gasteiger partial charge is 0.222 e. The van der Waals surface area contributed by atoms with Crippen molar-refractivity contribution in [1.29, 1.82) is 0 Å². The first-order valence-corrected chi connectivity index (χ1v) is 11.3. The molecular formula is C22H36N4O2. The third kappa shape index (κ3) is 4.43. The van der Waals surface area contributed by atoms with Gasteiger partial charge in [0.05, 0.1) is 18.9 Å². The number of ether oxygens (including phenoxy) is 1. The van der Waals surface area contributed by atoms with E-state index in [0.29, 0.717) is 30.9 Å². The number of likely N-dealkylation sites (tertiary alicyclic amines) is 2. The van der Waals surface area contributed by atoms with Crippen molar-refractivity contribution < 1.29 is 9.53 Å². The predicted molar refractivity (Wildman–Crippen MR) is 109 cm³/mol. The molecule has 6 nitrogen and oxygen atoms in total. The summed E-state index contributed by atoms with van der Waals surface area (Å²) in [4.78, 5) is 17.6.